The highest BCUT2D eigenvalue weighted by Crippen LogP contribution is 2.28. The Hall–Kier alpha value is -2.12. The van der Waals surface area contributed by atoms with Crippen LogP contribution in [0, 0.1) is 5.92 Å². The molecule has 1 aliphatic carbocycles. The van der Waals surface area contributed by atoms with E-state index in [-0.39, 0.29) is 11.7 Å². The Bertz CT molecular complexity index is 843. The van der Waals surface area contributed by atoms with Gasteiger partial charge in [0.2, 0.25) is 0 Å². The number of hydrogen-bond donors (Lipinski definition) is 4. The van der Waals surface area contributed by atoms with Crippen LogP contribution in [0.25, 0.3) is 0 Å². The normalized spacial score (nSPS) is 17.6. The van der Waals surface area contributed by atoms with Gasteiger partial charge in [-0.15, -0.1) is 0 Å². The SMILES string of the molecule is CC(C)(C)OC(=O)N[C@@H](C1CCCCC1)[C@H](O)Nc1cnc(S(=O)(=O)NCC(F)F)cn1. The molecule has 1 heterocycles. The number of anilines is 1. The molecule has 0 unspecified atom stereocenters. The van der Waals surface area contributed by atoms with Gasteiger partial charge in [-0.05, 0) is 39.5 Å². The molecule has 0 aliphatic heterocycles. The van der Waals surface area contributed by atoms with Crippen molar-refractivity contribution in [2.45, 2.75) is 82.2 Å². The Labute approximate surface area is 186 Å². The van der Waals surface area contributed by atoms with Crippen molar-refractivity contribution in [3.05, 3.63) is 12.4 Å². The summed E-state index contributed by atoms with van der Waals surface area (Å²) >= 11 is 0. The molecular weight excluding hydrogens is 448 g/mol. The van der Waals surface area contributed by atoms with Gasteiger partial charge in [-0.3, -0.25) is 0 Å². The van der Waals surface area contributed by atoms with Crippen molar-refractivity contribution in [2.75, 3.05) is 11.9 Å². The summed E-state index contributed by atoms with van der Waals surface area (Å²) in [6, 6.07) is -0.678. The monoisotopic (exact) mass is 479 g/mol. The molecule has 182 valence electrons. The van der Waals surface area contributed by atoms with Gasteiger partial charge in [0.15, 0.2) is 5.03 Å². The maximum absolute atomic E-state index is 12.3. The number of aromatic nitrogens is 2. The van der Waals surface area contributed by atoms with E-state index < -0.39 is 52.0 Å². The molecule has 0 bridgehead atoms. The van der Waals surface area contributed by atoms with Crippen LogP contribution in [0.2, 0.25) is 0 Å². The van der Waals surface area contributed by atoms with E-state index in [9.17, 15) is 27.1 Å². The summed E-state index contributed by atoms with van der Waals surface area (Å²) in [6.45, 7) is 4.16. The van der Waals surface area contributed by atoms with Crippen LogP contribution >= 0.6 is 0 Å². The molecule has 0 radical (unpaired) electrons. The maximum atomic E-state index is 12.3. The first-order valence-electron chi connectivity index (χ1n) is 10.4. The van der Waals surface area contributed by atoms with Crippen molar-refractivity contribution >= 4 is 21.9 Å². The molecule has 2 rings (SSSR count). The topological polar surface area (TPSA) is 143 Å². The van der Waals surface area contributed by atoms with Gasteiger partial charge in [0.05, 0.1) is 25.0 Å². The molecule has 13 heteroatoms. The van der Waals surface area contributed by atoms with E-state index in [1.807, 2.05) is 0 Å². The maximum Gasteiger partial charge on any atom is 0.408 e. The Morgan fingerprint density at radius 1 is 1.22 bits per heavy atom. The molecule has 1 saturated carbocycles. The molecular formula is C19H31F2N5O5S. The third-order valence-corrected chi connectivity index (χ3v) is 6.12. The van der Waals surface area contributed by atoms with Crippen LogP contribution in [-0.4, -0.2) is 60.4 Å². The fraction of sp³-hybridized carbons (Fsp3) is 0.737. The average Bonchev–Trinajstić information content (AvgIpc) is 2.70. The van der Waals surface area contributed by atoms with Crippen LogP contribution in [0.15, 0.2) is 17.4 Å². The van der Waals surface area contributed by atoms with Gasteiger partial charge in [-0.1, -0.05) is 19.3 Å². The van der Waals surface area contributed by atoms with Gasteiger partial charge in [0, 0.05) is 0 Å². The summed E-state index contributed by atoms with van der Waals surface area (Å²) in [5.74, 6) is 0.0574. The second-order valence-electron chi connectivity index (χ2n) is 8.64. The lowest BCUT2D eigenvalue weighted by Crippen LogP contribution is -2.52. The number of aliphatic hydroxyl groups is 1. The Kier molecular flexibility index (Phi) is 9.10. The molecule has 32 heavy (non-hydrogen) atoms. The third kappa shape index (κ3) is 8.43. The summed E-state index contributed by atoms with van der Waals surface area (Å²) in [7, 11) is -4.23. The van der Waals surface area contributed by atoms with Crippen LogP contribution < -0.4 is 15.4 Å². The minimum absolute atomic E-state index is 0.00456. The Morgan fingerprint density at radius 2 is 1.88 bits per heavy atom. The van der Waals surface area contributed by atoms with Crippen LogP contribution in [0.5, 0.6) is 0 Å². The summed E-state index contributed by atoms with van der Waals surface area (Å²) < 4.78 is 55.4. The molecule has 4 N–H and O–H groups in total. The number of hydrogen-bond acceptors (Lipinski definition) is 8. The number of rotatable bonds is 9. The molecule has 1 amide bonds. The number of carbonyl (C=O) groups is 1. The number of amides is 1. The number of alkyl carbamates (subject to hydrolysis) is 1. The second-order valence-corrected chi connectivity index (χ2v) is 10.4. The van der Waals surface area contributed by atoms with Crippen molar-refractivity contribution in [3.8, 4) is 0 Å². The zero-order chi connectivity index (χ0) is 23.9. The average molecular weight is 480 g/mol. The van der Waals surface area contributed by atoms with Crippen LogP contribution in [0.3, 0.4) is 0 Å². The van der Waals surface area contributed by atoms with Crippen LogP contribution in [-0.2, 0) is 14.8 Å². The quantitative estimate of drug-likeness (QED) is 0.395. The number of alkyl halides is 2. The molecule has 1 aliphatic rings. The molecule has 0 aromatic carbocycles. The number of halogens is 2. The largest absolute Gasteiger partial charge is 0.444 e. The molecule has 1 aromatic rings. The van der Waals surface area contributed by atoms with Gasteiger partial charge >= 0.3 is 6.09 Å². The summed E-state index contributed by atoms with van der Waals surface area (Å²) in [6.07, 6.45) is 1.86. The molecule has 1 fully saturated rings. The van der Waals surface area contributed by atoms with Crippen molar-refractivity contribution in [2.24, 2.45) is 5.92 Å². The number of carbonyl (C=O) groups excluding carboxylic acids is 1. The van der Waals surface area contributed by atoms with E-state index in [4.69, 9.17) is 4.74 Å². The predicted octanol–water partition coefficient (Wildman–Crippen LogP) is 2.22. The van der Waals surface area contributed by atoms with Crippen molar-refractivity contribution in [3.63, 3.8) is 0 Å². The fourth-order valence-corrected chi connectivity index (χ4v) is 4.29. The van der Waals surface area contributed by atoms with E-state index in [2.05, 4.69) is 20.6 Å². The lowest BCUT2D eigenvalue weighted by atomic mass is 9.83. The smallest absolute Gasteiger partial charge is 0.408 e. The first kappa shape index (κ1) is 26.1. The van der Waals surface area contributed by atoms with E-state index in [1.54, 1.807) is 25.5 Å². The standard InChI is InChI=1S/C19H31F2N5O5S/c1-19(2,3)31-18(28)26-16(12-7-5-4-6-8-12)17(27)25-14-10-23-15(11-22-14)32(29,30)24-9-13(20)21/h10-13,16-17,24,27H,4-9H2,1-3H3,(H,22,25)(H,26,28)/t16-,17-/m0/s1. The van der Waals surface area contributed by atoms with Crippen molar-refractivity contribution in [1.29, 1.82) is 0 Å². The predicted molar refractivity (Wildman–Crippen MR) is 113 cm³/mol. The Morgan fingerprint density at radius 3 is 2.41 bits per heavy atom. The molecule has 10 nitrogen and oxygen atoms in total. The van der Waals surface area contributed by atoms with Crippen molar-refractivity contribution in [1.82, 2.24) is 20.0 Å². The first-order chi connectivity index (χ1) is 14.9. The second kappa shape index (κ2) is 11.1. The van der Waals surface area contributed by atoms with E-state index >= 15 is 0 Å². The summed E-state index contributed by atoms with van der Waals surface area (Å²) in [4.78, 5) is 19.9. The minimum Gasteiger partial charge on any atom is -0.444 e. The highest BCUT2D eigenvalue weighted by atomic mass is 32.2. The summed E-state index contributed by atoms with van der Waals surface area (Å²) in [5, 5.41) is 15.7. The number of aliphatic hydroxyl groups excluding tert-OH is 1. The molecule has 2 atom stereocenters. The highest BCUT2D eigenvalue weighted by Gasteiger charge is 2.32. The Balaban J connectivity index is 2.09. The fourth-order valence-electron chi connectivity index (χ4n) is 3.41. The van der Waals surface area contributed by atoms with Gasteiger partial charge in [0.1, 0.15) is 17.6 Å². The third-order valence-electron chi connectivity index (χ3n) is 4.81. The lowest BCUT2D eigenvalue weighted by molar-refractivity contribution is 0.0366. The van der Waals surface area contributed by atoms with Gasteiger partial charge in [0.25, 0.3) is 16.4 Å². The molecule has 0 spiro atoms. The minimum atomic E-state index is -4.23. The van der Waals surface area contributed by atoms with Crippen LogP contribution in [0.1, 0.15) is 52.9 Å². The van der Waals surface area contributed by atoms with Gasteiger partial charge in [-0.25, -0.2) is 36.7 Å². The first-order valence-corrected chi connectivity index (χ1v) is 11.9. The summed E-state index contributed by atoms with van der Waals surface area (Å²) in [5.41, 5.74) is -0.704. The van der Waals surface area contributed by atoms with Gasteiger partial charge < -0.3 is 20.5 Å². The zero-order valence-electron chi connectivity index (χ0n) is 18.3. The number of sulfonamides is 1. The van der Waals surface area contributed by atoms with E-state index in [0.717, 1.165) is 44.5 Å². The van der Waals surface area contributed by atoms with E-state index in [1.165, 1.54) is 0 Å². The highest BCUT2D eigenvalue weighted by molar-refractivity contribution is 7.89. The lowest BCUT2D eigenvalue weighted by Gasteiger charge is -2.34. The van der Waals surface area contributed by atoms with E-state index in [0.29, 0.717) is 0 Å². The molecule has 1 aromatic heterocycles. The number of nitrogens with zero attached hydrogens (tertiary/aromatic N) is 2. The van der Waals surface area contributed by atoms with Crippen LogP contribution in [0.4, 0.5) is 19.4 Å². The van der Waals surface area contributed by atoms with Crippen molar-refractivity contribution < 1.29 is 31.8 Å². The number of ether oxygens (including phenoxy) is 1. The van der Waals surface area contributed by atoms with Gasteiger partial charge in [-0.2, -0.15) is 0 Å². The zero-order valence-corrected chi connectivity index (χ0v) is 19.2. The molecule has 0 saturated heterocycles. The number of nitrogens with one attached hydrogen (secondary N) is 3.